The van der Waals surface area contributed by atoms with E-state index in [4.69, 9.17) is 5.73 Å². The SMILES string of the molecule is Cc1ccc(-c2c(N)n[nH]c2-c2ccc(F)cn2)cc1C. The molecule has 4 nitrogen and oxygen atoms in total. The highest BCUT2D eigenvalue weighted by Gasteiger charge is 2.16. The number of nitrogens with two attached hydrogens (primary N) is 1. The topological polar surface area (TPSA) is 67.6 Å². The standard InChI is InChI=1S/C16H15FN4/c1-9-3-4-11(7-10(9)2)14-15(20-21-16(14)18)13-6-5-12(17)8-19-13/h3-8H,1-2H3,(H3,18,20,21). The molecule has 0 aliphatic rings. The number of nitrogen functional groups attached to an aromatic ring is 1. The number of halogens is 1. The van der Waals surface area contributed by atoms with E-state index < -0.39 is 0 Å². The van der Waals surface area contributed by atoms with Crippen LogP contribution in [-0.4, -0.2) is 15.2 Å². The average Bonchev–Trinajstić information content (AvgIpc) is 2.85. The molecule has 0 atom stereocenters. The molecule has 0 amide bonds. The Morgan fingerprint density at radius 1 is 1.10 bits per heavy atom. The molecule has 0 aliphatic heterocycles. The summed E-state index contributed by atoms with van der Waals surface area (Å²) in [6.07, 6.45) is 1.18. The van der Waals surface area contributed by atoms with Crippen LogP contribution in [0.5, 0.6) is 0 Å². The number of hydrogen-bond acceptors (Lipinski definition) is 3. The molecule has 3 aromatic rings. The van der Waals surface area contributed by atoms with Crippen LogP contribution in [0.3, 0.4) is 0 Å². The van der Waals surface area contributed by atoms with Crippen molar-refractivity contribution in [1.82, 2.24) is 15.2 Å². The van der Waals surface area contributed by atoms with E-state index in [1.165, 1.54) is 23.4 Å². The minimum Gasteiger partial charge on any atom is -0.382 e. The van der Waals surface area contributed by atoms with Gasteiger partial charge in [0, 0.05) is 0 Å². The number of aromatic nitrogens is 3. The van der Waals surface area contributed by atoms with Gasteiger partial charge in [-0.25, -0.2) is 4.39 Å². The van der Waals surface area contributed by atoms with E-state index in [2.05, 4.69) is 28.2 Å². The van der Waals surface area contributed by atoms with Crippen LogP contribution in [0, 0.1) is 19.7 Å². The summed E-state index contributed by atoms with van der Waals surface area (Å²) >= 11 is 0. The number of nitrogens with one attached hydrogen (secondary N) is 1. The van der Waals surface area contributed by atoms with Crippen molar-refractivity contribution in [3.05, 3.63) is 53.5 Å². The zero-order valence-electron chi connectivity index (χ0n) is 11.8. The zero-order valence-corrected chi connectivity index (χ0v) is 11.8. The van der Waals surface area contributed by atoms with Crippen LogP contribution in [0.4, 0.5) is 10.2 Å². The maximum atomic E-state index is 13.0. The van der Waals surface area contributed by atoms with Gasteiger partial charge in [-0.15, -0.1) is 0 Å². The number of hydrogen-bond donors (Lipinski definition) is 2. The Kier molecular flexibility index (Phi) is 3.17. The molecule has 1 aromatic carbocycles. The quantitative estimate of drug-likeness (QED) is 0.756. The summed E-state index contributed by atoms with van der Waals surface area (Å²) < 4.78 is 13.0. The van der Waals surface area contributed by atoms with Crippen LogP contribution in [0.25, 0.3) is 22.5 Å². The first-order valence-electron chi connectivity index (χ1n) is 6.59. The van der Waals surface area contributed by atoms with Crippen molar-refractivity contribution < 1.29 is 4.39 Å². The number of nitrogens with zero attached hydrogens (tertiary/aromatic N) is 2. The van der Waals surface area contributed by atoms with Crippen molar-refractivity contribution in [2.75, 3.05) is 5.73 Å². The fraction of sp³-hybridized carbons (Fsp3) is 0.125. The van der Waals surface area contributed by atoms with Gasteiger partial charge < -0.3 is 5.73 Å². The number of rotatable bonds is 2. The number of pyridine rings is 1. The van der Waals surface area contributed by atoms with Crippen LogP contribution < -0.4 is 5.73 Å². The summed E-state index contributed by atoms with van der Waals surface area (Å²) in [7, 11) is 0. The van der Waals surface area contributed by atoms with E-state index in [9.17, 15) is 4.39 Å². The number of aromatic amines is 1. The monoisotopic (exact) mass is 282 g/mol. The molecular weight excluding hydrogens is 267 g/mol. The molecule has 2 aromatic heterocycles. The Hall–Kier alpha value is -2.69. The van der Waals surface area contributed by atoms with E-state index in [0.29, 0.717) is 17.2 Å². The van der Waals surface area contributed by atoms with Crippen molar-refractivity contribution in [3.8, 4) is 22.5 Å². The molecule has 106 valence electrons. The molecule has 0 bridgehead atoms. The Morgan fingerprint density at radius 2 is 1.90 bits per heavy atom. The van der Waals surface area contributed by atoms with Gasteiger partial charge in [0.25, 0.3) is 0 Å². The molecule has 5 heteroatoms. The Labute approximate surface area is 121 Å². The van der Waals surface area contributed by atoms with Gasteiger partial charge in [-0.05, 0) is 42.7 Å². The maximum Gasteiger partial charge on any atom is 0.153 e. The van der Waals surface area contributed by atoms with Gasteiger partial charge in [0.15, 0.2) is 5.82 Å². The second-order valence-electron chi connectivity index (χ2n) is 5.02. The normalized spacial score (nSPS) is 10.8. The van der Waals surface area contributed by atoms with Gasteiger partial charge in [0.1, 0.15) is 5.82 Å². The summed E-state index contributed by atoms with van der Waals surface area (Å²) in [4.78, 5) is 4.09. The van der Waals surface area contributed by atoms with Gasteiger partial charge in [-0.3, -0.25) is 10.1 Å². The summed E-state index contributed by atoms with van der Waals surface area (Å²) in [5.74, 6) is 0.0262. The Balaban J connectivity index is 2.16. The predicted molar refractivity (Wildman–Crippen MR) is 81.1 cm³/mol. The lowest BCUT2D eigenvalue weighted by Crippen LogP contribution is -1.91. The highest BCUT2D eigenvalue weighted by atomic mass is 19.1. The lowest BCUT2D eigenvalue weighted by Gasteiger charge is -2.07. The Bertz CT molecular complexity index is 791. The summed E-state index contributed by atoms with van der Waals surface area (Å²) in [5.41, 5.74) is 11.4. The van der Waals surface area contributed by atoms with E-state index in [1.54, 1.807) is 6.07 Å². The third-order valence-electron chi connectivity index (χ3n) is 3.57. The first-order chi connectivity index (χ1) is 10.1. The van der Waals surface area contributed by atoms with Crippen LogP contribution >= 0.6 is 0 Å². The first-order valence-corrected chi connectivity index (χ1v) is 6.59. The van der Waals surface area contributed by atoms with Crippen molar-refractivity contribution in [2.24, 2.45) is 0 Å². The molecule has 0 spiro atoms. The fourth-order valence-electron chi connectivity index (χ4n) is 2.25. The largest absolute Gasteiger partial charge is 0.382 e. The van der Waals surface area contributed by atoms with Crippen molar-refractivity contribution in [2.45, 2.75) is 13.8 Å². The lowest BCUT2D eigenvalue weighted by atomic mass is 9.99. The van der Waals surface area contributed by atoms with Crippen LogP contribution in [-0.2, 0) is 0 Å². The third-order valence-corrected chi connectivity index (χ3v) is 3.57. The van der Waals surface area contributed by atoms with E-state index in [1.807, 2.05) is 19.1 Å². The highest BCUT2D eigenvalue weighted by molar-refractivity contribution is 5.86. The molecule has 0 aliphatic carbocycles. The highest BCUT2D eigenvalue weighted by Crippen LogP contribution is 2.34. The van der Waals surface area contributed by atoms with Gasteiger partial charge in [-0.2, -0.15) is 5.10 Å². The van der Waals surface area contributed by atoms with Gasteiger partial charge in [-0.1, -0.05) is 18.2 Å². The van der Waals surface area contributed by atoms with E-state index in [-0.39, 0.29) is 5.82 Å². The summed E-state index contributed by atoms with van der Waals surface area (Å²) in [6, 6.07) is 9.06. The molecule has 3 N–H and O–H groups in total. The van der Waals surface area contributed by atoms with E-state index >= 15 is 0 Å². The lowest BCUT2D eigenvalue weighted by molar-refractivity contribution is 0.622. The molecule has 0 fully saturated rings. The third kappa shape index (κ3) is 2.38. The number of anilines is 1. The molecular formula is C16H15FN4. The maximum absolute atomic E-state index is 13.0. The smallest absolute Gasteiger partial charge is 0.153 e. The molecule has 0 radical (unpaired) electrons. The number of H-pyrrole nitrogens is 1. The Morgan fingerprint density at radius 3 is 2.57 bits per heavy atom. The first kappa shape index (κ1) is 13.3. The van der Waals surface area contributed by atoms with Crippen LogP contribution in [0.2, 0.25) is 0 Å². The molecule has 0 saturated carbocycles. The van der Waals surface area contributed by atoms with E-state index in [0.717, 1.165) is 11.1 Å². The van der Waals surface area contributed by atoms with Gasteiger partial charge in [0.05, 0.1) is 23.1 Å². The fourth-order valence-corrected chi connectivity index (χ4v) is 2.25. The molecule has 3 rings (SSSR count). The van der Waals surface area contributed by atoms with Crippen LogP contribution in [0.15, 0.2) is 36.5 Å². The van der Waals surface area contributed by atoms with Gasteiger partial charge >= 0.3 is 0 Å². The molecule has 21 heavy (non-hydrogen) atoms. The van der Waals surface area contributed by atoms with Gasteiger partial charge in [0.2, 0.25) is 0 Å². The minimum atomic E-state index is -0.376. The number of benzene rings is 1. The minimum absolute atomic E-state index is 0.376. The van der Waals surface area contributed by atoms with Crippen molar-refractivity contribution in [3.63, 3.8) is 0 Å². The predicted octanol–water partition coefficient (Wildman–Crippen LogP) is 3.48. The molecule has 2 heterocycles. The van der Waals surface area contributed by atoms with Crippen LogP contribution in [0.1, 0.15) is 11.1 Å². The number of aryl methyl sites for hydroxylation is 2. The molecule has 0 unspecified atom stereocenters. The second kappa shape index (κ2) is 5.01. The second-order valence-corrected chi connectivity index (χ2v) is 5.02. The van der Waals surface area contributed by atoms with Crippen molar-refractivity contribution >= 4 is 5.82 Å². The summed E-state index contributed by atoms with van der Waals surface area (Å²) in [5, 5.41) is 6.95. The zero-order chi connectivity index (χ0) is 15.0. The average molecular weight is 282 g/mol. The molecule has 0 saturated heterocycles. The van der Waals surface area contributed by atoms with Crippen molar-refractivity contribution in [1.29, 1.82) is 0 Å². The summed E-state index contributed by atoms with van der Waals surface area (Å²) in [6.45, 7) is 4.10.